The summed E-state index contributed by atoms with van der Waals surface area (Å²) in [6.45, 7) is -2.31. The molecule has 0 aromatic carbocycles. The molecule has 0 aromatic heterocycles. The van der Waals surface area contributed by atoms with Crippen molar-refractivity contribution in [3.8, 4) is 0 Å². The SMILES string of the molecule is O=C(O)C1CCCCC1C(=O)NCC(F)(F)CO. The third-order valence-corrected chi connectivity index (χ3v) is 3.17. The van der Waals surface area contributed by atoms with Crippen molar-refractivity contribution in [2.24, 2.45) is 11.8 Å². The van der Waals surface area contributed by atoms with Gasteiger partial charge in [-0.15, -0.1) is 0 Å². The smallest absolute Gasteiger partial charge is 0.307 e. The van der Waals surface area contributed by atoms with Crippen LogP contribution in [0.1, 0.15) is 25.7 Å². The number of alkyl halides is 2. The summed E-state index contributed by atoms with van der Waals surface area (Å²) in [5.74, 6) is -6.67. The molecule has 0 aromatic rings. The van der Waals surface area contributed by atoms with Gasteiger partial charge >= 0.3 is 5.97 Å². The second kappa shape index (κ2) is 6.08. The van der Waals surface area contributed by atoms with Gasteiger partial charge in [-0.05, 0) is 12.8 Å². The highest BCUT2D eigenvalue weighted by Crippen LogP contribution is 2.30. The van der Waals surface area contributed by atoms with E-state index in [1.165, 1.54) is 0 Å². The molecule has 7 heteroatoms. The third kappa shape index (κ3) is 3.90. The standard InChI is InChI=1S/C11H17F2NO4/c12-11(13,6-15)5-14-9(16)7-3-1-2-4-8(7)10(17)18/h7-8,15H,1-6H2,(H,14,16)(H,17,18). The first kappa shape index (κ1) is 14.8. The quantitative estimate of drug-likeness (QED) is 0.680. The van der Waals surface area contributed by atoms with Gasteiger partial charge in [0.1, 0.15) is 6.61 Å². The maximum absolute atomic E-state index is 12.8. The average molecular weight is 265 g/mol. The Morgan fingerprint density at radius 2 is 1.78 bits per heavy atom. The van der Waals surface area contributed by atoms with Crippen molar-refractivity contribution < 1.29 is 28.6 Å². The molecule has 18 heavy (non-hydrogen) atoms. The zero-order valence-corrected chi connectivity index (χ0v) is 9.86. The zero-order valence-electron chi connectivity index (χ0n) is 9.86. The topological polar surface area (TPSA) is 86.6 Å². The van der Waals surface area contributed by atoms with Crippen molar-refractivity contribution in [3.05, 3.63) is 0 Å². The average Bonchev–Trinajstić information content (AvgIpc) is 2.36. The fraction of sp³-hybridized carbons (Fsp3) is 0.818. The molecule has 5 nitrogen and oxygen atoms in total. The first-order valence-corrected chi connectivity index (χ1v) is 5.86. The Balaban J connectivity index is 2.56. The highest BCUT2D eigenvalue weighted by molar-refractivity contribution is 5.84. The molecule has 1 amide bonds. The zero-order chi connectivity index (χ0) is 13.8. The van der Waals surface area contributed by atoms with Gasteiger partial charge in [0.2, 0.25) is 5.91 Å². The van der Waals surface area contributed by atoms with Gasteiger partial charge in [0, 0.05) is 0 Å². The maximum Gasteiger partial charge on any atom is 0.307 e. The number of carbonyl (C=O) groups is 2. The number of aliphatic carboxylic acids is 1. The van der Waals surface area contributed by atoms with Crippen molar-refractivity contribution in [2.75, 3.05) is 13.2 Å². The van der Waals surface area contributed by atoms with Crippen LogP contribution in [0.25, 0.3) is 0 Å². The Hall–Kier alpha value is -1.24. The predicted molar refractivity (Wildman–Crippen MR) is 58.1 cm³/mol. The molecule has 1 aliphatic rings. The lowest BCUT2D eigenvalue weighted by Crippen LogP contribution is -2.45. The molecule has 1 aliphatic carbocycles. The molecule has 0 heterocycles. The van der Waals surface area contributed by atoms with E-state index in [-0.39, 0.29) is 0 Å². The fourth-order valence-corrected chi connectivity index (χ4v) is 2.14. The van der Waals surface area contributed by atoms with Crippen LogP contribution in [0.15, 0.2) is 0 Å². The highest BCUT2D eigenvalue weighted by Gasteiger charge is 2.37. The Labute approximate surface area is 103 Å². The molecular weight excluding hydrogens is 248 g/mol. The summed E-state index contributed by atoms with van der Waals surface area (Å²) in [6, 6.07) is 0. The largest absolute Gasteiger partial charge is 0.481 e. The Morgan fingerprint density at radius 1 is 1.22 bits per heavy atom. The summed E-state index contributed by atoms with van der Waals surface area (Å²) in [7, 11) is 0. The second-order valence-corrected chi connectivity index (χ2v) is 4.57. The number of aliphatic hydroxyl groups is 1. The van der Waals surface area contributed by atoms with Crippen LogP contribution in [0.2, 0.25) is 0 Å². The third-order valence-electron chi connectivity index (χ3n) is 3.17. The van der Waals surface area contributed by atoms with E-state index in [1.54, 1.807) is 0 Å². The number of halogens is 2. The highest BCUT2D eigenvalue weighted by atomic mass is 19.3. The molecule has 3 N–H and O–H groups in total. The molecule has 0 spiro atoms. The van der Waals surface area contributed by atoms with Gasteiger partial charge < -0.3 is 15.5 Å². The van der Waals surface area contributed by atoms with Crippen LogP contribution in [0.5, 0.6) is 0 Å². The van der Waals surface area contributed by atoms with E-state index in [2.05, 4.69) is 0 Å². The minimum atomic E-state index is -3.37. The molecule has 0 bridgehead atoms. The summed E-state index contributed by atoms with van der Waals surface area (Å²) >= 11 is 0. The number of nitrogens with one attached hydrogen (secondary N) is 1. The summed E-state index contributed by atoms with van der Waals surface area (Å²) in [4.78, 5) is 22.6. The fourth-order valence-electron chi connectivity index (χ4n) is 2.14. The summed E-state index contributed by atoms with van der Waals surface area (Å²) in [6.07, 6.45) is 2.24. The van der Waals surface area contributed by atoms with Crippen LogP contribution in [0.4, 0.5) is 8.78 Å². The van der Waals surface area contributed by atoms with Gasteiger partial charge in [-0.3, -0.25) is 9.59 Å². The van der Waals surface area contributed by atoms with Gasteiger partial charge in [-0.2, -0.15) is 0 Å². The van der Waals surface area contributed by atoms with Crippen LogP contribution < -0.4 is 5.32 Å². The normalized spacial score (nSPS) is 24.6. The van der Waals surface area contributed by atoms with Crippen molar-refractivity contribution in [1.29, 1.82) is 0 Å². The molecule has 1 rings (SSSR count). The molecule has 2 unspecified atom stereocenters. The minimum absolute atomic E-state index is 0.393. The van der Waals surface area contributed by atoms with Gasteiger partial charge in [0.05, 0.1) is 18.4 Å². The summed E-state index contributed by atoms with van der Waals surface area (Å²) in [5, 5.41) is 19.3. The lowest BCUT2D eigenvalue weighted by molar-refractivity contribution is -0.149. The van der Waals surface area contributed by atoms with Crippen molar-refractivity contribution >= 4 is 11.9 Å². The van der Waals surface area contributed by atoms with Crippen molar-refractivity contribution in [1.82, 2.24) is 5.32 Å². The van der Waals surface area contributed by atoms with E-state index in [0.717, 1.165) is 12.8 Å². The number of carbonyl (C=O) groups excluding carboxylic acids is 1. The van der Waals surface area contributed by atoms with Gasteiger partial charge in [-0.1, -0.05) is 12.8 Å². The number of carboxylic acid groups (broad SMARTS) is 1. The van der Waals surface area contributed by atoms with Crippen LogP contribution in [0, 0.1) is 11.8 Å². The number of aliphatic hydroxyl groups excluding tert-OH is 1. The molecule has 104 valence electrons. The molecule has 0 radical (unpaired) electrons. The van der Waals surface area contributed by atoms with Crippen molar-refractivity contribution in [2.45, 2.75) is 31.6 Å². The van der Waals surface area contributed by atoms with Crippen LogP contribution in [-0.4, -0.2) is 41.2 Å². The second-order valence-electron chi connectivity index (χ2n) is 4.57. The monoisotopic (exact) mass is 265 g/mol. The number of amides is 1. The molecule has 0 aliphatic heterocycles. The Bertz CT molecular complexity index is 322. The van der Waals surface area contributed by atoms with Crippen LogP contribution in [-0.2, 0) is 9.59 Å². The van der Waals surface area contributed by atoms with E-state index in [9.17, 15) is 18.4 Å². The van der Waals surface area contributed by atoms with Gasteiger partial charge in [0.15, 0.2) is 0 Å². The van der Waals surface area contributed by atoms with Crippen molar-refractivity contribution in [3.63, 3.8) is 0 Å². The van der Waals surface area contributed by atoms with E-state index in [0.29, 0.717) is 12.8 Å². The first-order valence-electron chi connectivity index (χ1n) is 5.86. The first-order chi connectivity index (χ1) is 8.37. The molecular formula is C11H17F2NO4. The number of hydrogen-bond acceptors (Lipinski definition) is 3. The lowest BCUT2D eigenvalue weighted by Gasteiger charge is -2.28. The Kier molecular flexibility index (Phi) is 5.01. The molecule has 2 atom stereocenters. The summed E-state index contributed by atoms with van der Waals surface area (Å²) < 4.78 is 25.5. The molecule has 1 saturated carbocycles. The molecule has 0 saturated heterocycles. The van der Waals surface area contributed by atoms with Gasteiger partial charge in [0.25, 0.3) is 5.92 Å². The van der Waals surface area contributed by atoms with Crippen LogP contribution in [0.3, 0.4) is 0 Å². The summed E-state index contributed by atoms with van der Waals surface area (Å²) in [5.41, 5.74) is 0. The van der Waals surface area contributed by atoms with E-state index in [4.69, 9.17) is 10.2 Å². The maximum atomic E-state index is 12.8. The lowest BCUT2D eigenvalue weighted by atomic mass is 9.78. The van der Waals surface area contributed by atoms with Gasteiger partial charge in [-0.25, -0.2) is 8.78 Å². The Morgan fingerprint density at radius 3 is 2.28 bits per heavy atom. The van der Waals surface area contributed by atoms with E-state index in [1.807, 2.05) is 5.32 Å². The molecule has 1 fully saturated rings. The van der Waals surface area contributed by atoms with E-state index >= 15 is 0 Å². The van der Waals surface area contributed by atoms with E-state index < -0.39 is 42.8 Å². The number of rotatable bonds is 5. The number of carboxylic acids is 1. The van der Waals surface area contributed by atoms with Crippen LogP contribution >= 0.6 is 0 Å². The minimum Gasteiger partial charge on any atom is -0.481 e. The predicted octanol–water partition coefficient (Wildman–Crippen LogP) is 0.621. The number of hydrogen-bond donors (Lipinski definition) is 3.